The minimum atomic E-state index is -1.24. The molecule has 10 nitrogen and oxygen atoms in total. The molecule has 1 aromatic carbocycles. The summed E-state index contributed by atoms with van der Waals surface area (Å²) in [5.74, 6) is 0.425. The number of nitrogens with zero attached hydrogens (tertiary/aromatic N) is 4. The van der Waals surface area contributed by atoms with Gasteiger partial charge in [-0.15, -0.1) is 0 Å². The Kier molecular flexibility index (Phi) is 4.17. The molecule has 1 saturated heterocycles. The Morgan fingerprint density at radius 1 is 1.15 bits per heavy atom. The van der Waals surface area contributed by atoms with Crippen molar-refractivity contribution in [3.63, 3.8) is 0 Å². The van der Waals surface area contributed by atoms with Gasteiger partial charge in [-0.2, -0.15) is 9.97 Å². The van der Waals surface area contributed by atoms with Crippen molar-refractivity contribution in [3.05, 3.63) is 36.7 Å². The summed E-state index contributed by atoms with van der Waals surface area (Å²) in [6.07, 6.45) is -2.88. The SMILES string of the molecule is Nc1nc(Nc2ccccc2)c2ncn([C@H]3O[C@@H](CO)[C@@H](O)[C@@H]3O)c2n1. The molecular formula is C16H18N6O4. The van der Waals surface area contributed by atoms with Crippen LogP contribution in [0, 0.1) is 0 Å². The molecule has 4 atom stereocenters. The van der Waals surface area contributed by atoms with Crippen LogP contribution in [0.3, 0.4) is 0 Å². The summed E-state index contributed by atoms with van der Waals surface area (Å²) in [4.78, 5) is 12.7. The quantitative estimate of drug-likeness (QED) is 0.425. The fourth-order valence-corrected chi connectivity index (χ4v) is 2.97. The van der Waals surface area contributed by atoms with Crippen molar-refractivity contribution in [3.8, 4) is 0 Å². The lowest BCUT2D eigenvalue weighted by atomic mass is 10.1. The van der Waals surface area contributed by atoms with E-state index in [1.54, 1.807) is 0 Å². The predicted octanol–water partition coefficient (Wildman–Crippen LogP) is -0.236. The summed E-state index contributed by atoms with van der Waals surface area (Å²) in [6.45, 7) is -0.417. The number of nitrogens with two attached hydrogens (primary N) is 1. The highest BCUT2D eigenvalue weighted by atomic mass is 16.6. The zero-order valence-electron chi connectivity index (χ0n) is 13.6. The Hall–Kier alpha value is -2.79. The van der Waals surface area contributed by atoms with Crippen LogP contribution < -0.4 is 11.1 Å². The second-order valence-corrected chi connectivity index (χ2v) is 5.97. The van der Waals surface area contributed by atoms with Gasteiger partial charge in [-0.1, -0.05) is 18.2 Å². The van der Waals surface area contributed by atoms with E-state index in [9.17, 15) is 15.3 Å². The molecule has 2 aromatic heterocycles. The topological polar surface area (TPSA) is 152 Å². The highest BCUT2D eigenvalue weighted by Crippen LogP contribution is 2.33. The van der Waals surface area contributed by atoms with Crippen molar-refractivity contribution >= 4 is 28.6 Å². The maximum Gasteiger partial charge on any atom is 0.224 e. The van der Waals surface area contributed by atoms with Gasteiger partial charge >= 0.3 is 0 Å². The molecule has 6 N–H and O–H groups in total. The average molecular weight is 358 g/mol. The van der Waals surface area contributed by atoms with Gasteiger partial charge in [-0.3, -0.25) is 4.57 Å². The molecule has 3 aromatic rings. The molecule has 0 radical (unpaired) electrons. The van der Waals surface area contributed by atoms with Gasteiger partial charge < -0.3 is 31.1 Å². The van der Waals surface area contributed by atoms with Crippen LogP contribution in [0.25, 0.3) is 11.2 Å². The smallest absolute Gasteiger partial charge is 0.224 e. The van der Waals surface area contributed by atoms with Gasteiger partial charge in [-0.25, -0.2) is 4.98 Å². The molecule has 0 spiro atoms. The zero-order chi connectivity index (χ0) is 18.3. The molecule has 4 rings (SSSR count). The number of fused-ring (bicyclic) bond motifs is 1. The van der Waals surface area contributed by atoms with Crippen LogP contribution in [0.4, 0.5) is 17.5 Å². The van der Waals surface area contributed by atoms with E-state index >= 15 is 0 Å². The van der Waals surface area contributed by atoms with Crippen LogP contribution >= 0.6 is 0 Å². The van der Waals surface area contributed by atoms with Gasteiger partial charge in [0.15, 0.2) is 23.2 Å². The number of nitrogen functional groups attached to an aromatic ring is 1. The third kappa shape index (κ3) is 2.74. The van der Waals surface area contributed by atoms with E-state index in [4.69, 9.17) is 10.5 Å². The Balaban J connectivity index is 1.75. The number of aliphatic hydroxyl groups is 3. The summed E-state index contributed by atoms with van der Waals surface area (Å²) in [6, 6.07) is 9.38. The normalized spacial score (nSPS) is 25.7. The van der Waals surface area contributed by atoms with Crippen molar-refractivity contribution in [2.75, 3.05) is 17.7 Å². The van der Waals surface area contributed by atoms with Crippen LogP contribution in [0.15, 0.2) is 36.7 Å². The lowest BCUT2D eigenvalue weighted by Crippen LogP contribution is -2.33. The third-order valence-electron chi connectivity index (χ3n) is 4.27. The van der Waals surface area contributed by atoms with Crippen molar-refractivity contribution in [2.24, 2.45) is 0 Å². The van der Waals surface area contributed by atoms with Gasteiger partial charge in [-0.05, 0) is 12.1 Å². The number of aromatic nitrogens is 4. The second kappa shape index (κ2) is 6.50. The summed E-state index contributed by atoms with van der Waals surface area (Å²) >= 11 is 0. The largest absolute Gasteiger partial charge is 0.394 e. The summed E-state index contributed by atoms with van der Waals surface area (Å²) in [7, 11) is 0. The second-order valence-electron chi connectivity index (χ2n) is 5.97. The summed E-state index contributed by atoms with van der Waals surface area (Å²) in [5, 5.41) is 32.6. The molecule has 0 unspecified atom stereocenters. The van der Waals surface area contributed by atoms with E-state index in [0.29, 0.717) is 17.0 Å². The van der Waals surface area contributed by atoms with Crippen molar-refractivity contribution in [1.82, 2.24) is 19.5 Å². The number of nitrogens with one attached hydrogen (secondary N) is 1. The van der Waals surface area contributed by atoms with Crippen LogP contribution in [0.5, 0.6) is 0 Å². The maximum absolute atomic E-state index is 10.2. The Morgan fingerprint density at radius 2 is 1.92 bits per heavy atom. The molecule has 1 aliphatic heterocycles. The first kappa shape index (κ1) is 16.7. The molecule has 1 fully saturated rings. The van der Waals surface area contributed by atoms with Crippen molar-refractivity contribution < 1.29 is 20.1 Å². The number of para-hydroxylation sites is 1. The monoisotopic (exact) mass is 358 g/mol. The fraction of sp³-hybridized carbons (Fsp3) is 0.312. The van der Waals surface area contributed by atoms with Crippen LogP contribution in [-0.2, 0) is 4.74 Å². The number of imidazole rings is 1. The van der Waals surface area contributed by atoms with Gasteiger partial charge in [0, 0.05) is 5.69 Å². The summed E-state index contributed by atoms with van der Waals surface area (Å²) in [5.41, 5.74) is 7.39. The highest BCUT2D eigenvalue weighted by Gasteiger charge is 2.44. The van der Waals surface area contributed by atoms with Crippen molar-refractivity contribution in [2.45, 2.75) is 24.5 Å². The van der Waals surface area contributed by atoms with E-state index in [1.807, 2.05) is 30.3 Å². The number of aliphatic hydroxyl groups excluding tert-OH is 3. The zero-order valence-corrected chi connectivity index (χ0v) is 13.6. The van der Waals surface area contributed by atoms with Gasteiger partial charge in [0.2, 0.25) is 5.95 Å². The first-order valence-electron chi connectivity index (χ1n) is 8.03. The lowest BCUT2D eigenvalue weighted by molar-refractivity contribution is -0.0511. The number of hydrogen-bond acceptors (Lipinski definition) is 9. The number of benzene rings is 1. The van der Waals surface area contributed by atoms with E-state index in [1.165, 1.54) is 10.9 Å². The number of hydrogen-bond donors (Lipinski definition) is 5. The molecule has 136 valence electrons. The maximum atomic E-state index is 10.2. The standard InChI is InChI=1S/C16H18N6O4/c17-16-20-13(19-8-4-2-1-3-5-8)10-14(21-16)22(7-18-10)15-12(25)11(24)9(6-23)26-15/h1-5,7,9,11-12,15,23-25H,6H2,(H3,17,19,20,21)/t9-,11+,12-,15-/m0/s1. The third-order valence-corrected chi connectivity index (χ3v) is 4.27. The molecule has 26 heavy (non-hydrogen) atoms. The fourth-order valence-electron chi connectivity index (χ4n) is 2.97. The molecule has 10 heteroatoms. The number of anilines is 3. The Bertz CT molecular complexity index is 918. The lowest BCUT2D eigenvalue weighted by Gasteiger charge is -2.16. The van der Waals surface area contributed by atoms with E-state index in [-0.39, 0.29) is 5.95 Å². The Morgan fingerprint density at radius 3 is 2.62 bits per heavy atom. The molecule has 0 bridgehead atoms. The van der Waals surface area contributed by atoms with Crippen LogP contribution in [0.2, 0.25) is 0 Å². The minimum Gasteiger partial charge on any atom is -0.394 e. The molecular weight excluding hydrogens is 340 g/mol. The van der Waals surface area contributed by atoms with Crippen molar-refractivity contribution in [1.29, 1.82) is 0 Å². The minimum absolute atomic E-state index is 0.0180. The molecule has 1 aliphatic rings. The van der Waals surface area contributed by atoms with E-state index in [2.05, 4.69) is 20.3 Å². The number of ether oxygens (including phenoxy) is 1. The first-order valence-corrected chi connectivity index (χ1v) is 8.03. The predicted molar refractivity (Wildman–Crippen MR) is 92.5 cm³/mol. The number of rotatable bonds is 4. The van der Waals surface area contributed by atoms with E-state index in [0.717, 1.165) is 5.69 Å². The van der Waals surface area contributed by atoms with Gasteiger partial charge in [0.1, 0.15) is 18.3 Å². The molecule has 0 amide bonds. The van der Waals surface area contributed by atoms with Gasteiger partial charge in [0.25, 0.3) is 0 Å². The van der Waals surface area contributed by atoms with Crippen LogP contribution in [-0.4, -0.2) is 59.8 Å². The summed E-state index contributed by atoms with van der Waals surface area (Å²) < 4.78 is 7.00. The first-order chi connectivity index (χ1) is 12.6. The molecule has 0 saturated carbocycles. The van der Waals surface area contributed by atoms with Crippen LogP contribution in [0.1, 0.15) is 6.23 Å². The molecule has 0 aliphatic carbocycles. The highest BCUT2D eigenvalue weighted by molar-refractivity contribution is 5.86. The Labute approximate surface area is 147 Å². The molecule has 3 heterocycles. The average Bonchev–Trinajstić information content (AvgIpc) is 3.17. The van der Waals surface area contributed by atoms with E-state index < -0.39 is 31.1 Å². The van der Waals surface area contributed by atoms with Gasteiger partial charge in [0.05, 0.1) is 12.9 Å².